The van der Waals surface area contributed by atoms with E-state index in [1.54, 1.807) is 20.3 Å². The van der Waals surface area contributed by atoms with Gasteiger partial charge in [0.15, 0.2) is 5.75 Å². The van der Waals surface area contributed by atoms with Crippen molar-refractivity contribution in [1.82, 2.24) is 9.80 Å². The van der Waals surface area contributed by atoms with Gasteiger partial charge in [0.25, 0.3) is 5.91 Å². The van der Waals surface area contributed by atoms with Gasteiger partial charge in [-0.2, -0.15) is 0 Å². The maximum atomic E-state index is 13.0. The normalized spacial score (nSPS) is 14.9. The monoisotopic (exact) mass is 443 g/mol. The summed E-state index contributed by atoms with van der Waals surface area (Å²) in [6.45, 7) is 2.54. The van der Waals surface area contributed by atoms with Crippen LogP contribution in [0, 0.1) is 0 Å². The maximum Gasteiger partial charge on any atom is 0.254 e. The highest BCUT2D eigenvalue weighted by Gasteiger charge is 2.28. The van der Waals surface area contributed by atoms with E-state index in [4.69, 9.17) is 19.2 Å². The second kappa shape index (κ2) is 8.86. The number of carbonyl (C=O) groups excluding carboxylic acids is 1. The summed E-state index contributed by atoms with van der Waals surface area (Å²) in [5.41, 5.74) is 2.31. The van der Waals surface area contributed by atoms with Crippen LogP contribution in [0.2, 0.25) is 0 Å². The Labute approximate surface area is 192 Å². The Morgan fingerprint density at radius 3 is 2.39 bits per heavy atom. The van der Waals surface area contributed by atoms with Gasteiger partial charge in [-0.1, -0.05) is 18.2 Å². The van der Waals surface area contributed by atoms with Gasteiger partial charge in [0.1, 0.15) is 28.8 Å². The average molecular weight is 444 g/mol. The van der Waals surface area contributed by atoms with Crippen LogP contribution in [0.25, 0.3) is 0 Å². The summed E-state index contributed by atoms with van der Waals surface area (Å²) in [7, 11) is 3.24. The van der Waals surface area contributed by atoms with E-state index in [1.807, 2.05) is 65.6 Å². The van der Waals surface area contributed by atoms with Crippen molar-refractivity contribution in [3.05, 3.63) is 77.9 Å². The molecule has 1 saturated heterocycles. The fourth-order valence-corrected chi connectivity index (χ4v) is 4.13. The molecule has 2 aliphatic heterocycles. The van der Waals surface area contributed by atoms with E-state index in [2.05, 4.69) is 4.90 Å². The molecule has 0 N–H and O–H groups in total. The van der Waals surface area contributed by atoms with Crippen molar-refractivity contribution in [3.63, 3.8) is 0 Å². The van der Waals surface area contributed by atoms with Crippen LogP contribution in [0.4, 0.5) is 5.69 Å². The standard InChI is InChI=1S/C26H25N3O4/c1-31-19-7-5-6-18(16-19)26(30)29-14-12-28(13-15-29)25-21-11-10-20(32-2)17-24(21)33-23-9-4-3-8-22(23)27-25/h3-11,16-17H,12-15H2,1-2H3. The molecule has 168 valence electrons. The smallest absolute Gasteiger partial charge is 0.254 e. The zero-order chi connectivity index (χ0) is 22.8. The van der Waals surface area contributed by atoms with Gasteiger partial charge >= 0.3 is 0 Å². The van der Waals surface area contributed by atoms with Gasteiger partial charge in [0, 0.05) is 37.8 Å². The lowest BCUT2D eigenvalue weighted by Crippen LogP contribution is -2.50. The van der Waals surface area contributed by atoms with Gasteiger partial charge in [-0.05, 0) is 42.5 Å². The fraction of sp³-hybridized carbons (Fsp3) is 0.231. The van der Waals surface area contributed by atoms with E-state index in [0.29, 0.717) is 49.0 Å². The van der Waals surface area contributed by atoms with Crippen molar-refractivity contribution in [2.24, 2.45) is 4.99 Å². The van der Waals surface area contributed by atoms with Gasteiger partial charge in [0.05, 0.1) is 19.8 Å². The summed E-state index contributed by atoms with van der Waals surface area (Å²) in [5.74, 6) is 3.65. The third kappa shape index (κ3) is 4.09. The number of hydrogen-bond donors (Lipinski definition) is 0. The number of aliphatic imine (C=N–C) groups is 1. The van der Waals surface area contributed by atoms with Crippen LogP contribution in [0.15, 0.2) is 71.7 Å². The Balaban J connectivity index is 1.40. The number of para-hydroxylation sites is 2. The molecule has 3 aromatic rings. The molecule has 3 aromatic carbocycles. The zero-order valence-electron chi connectivity index (χ0n) is 18.7. The molecule has 7 heteroatoms. The molecule has 0 bridgehead atoms. The highest BCUT2D eigenvalue weighted by molar-refractivity contribution is 6.04. The summed E-state index contributed by atoms with van der Waals surface area (Å²) in [6, 6.07) is 20.8. The number of nitrogens with zero attached hydrogens (tertiary/aromatic N) is 3. The second-order valence-electron chi connectivity index (χ2n) is 7.88. The Hall–Kier alpha value is -4.00. The third-order valence-corrected chi connectivity index (χ3v) is 5.92. The van der Waals surface area contributed by atoms with Crippen LogP contribution in [0.1, 0.15) is 15.9 Å². The number of benzene rings is 3. The summed E-state index contributed by atoms with van der Waals surface area (Å²) >= 11 is 0. The van der Waals surface area contributed by atoms with Crippen molar-refractivity contribution >= 4 is 17.4 Å². The van der Waals surface area contributed by atoms with Gasteiger partial charge in [-0.3, -0.25) is 4.79 Å². The van der Waals surface area contributed by atoms with Crippen LogP contribution < -0.4 is 14.2 Å². The summed E-state index contributed by atoms with van der Waals surface area (Å²) < 4.78 is 16.9. The van der Waals surface area contributed by atoms with E-state index in [-0.39, 0.29) is 5.91 Å². The van der Waals surface area contributed by atoms with Gasteiger partial charge in [-0.15, -0.1) is 0 Å². The molecule has 0 aliphatic carbocycles. The lowest BCUT2D eigenvalue weighted by Gasteiger charge is -2.36. The number of rotatable bonds is 3. The van der Waals surface area contributed by atoms with E-state index in [9.17, 15) is 4.79 Å². The lowest BCUT2D eigenvalue weighted by molar-refractivity contribution is 0.0692. The molecule has 5 rings (SSSR count). The molecular formula is C26H25N3O4. The van der Waals surface area contributed by atoms with Crippen molar-refractivity contribution in [2.45, 2.75) is 0 Å². The number of piperazine rings is 1. The fourth-order valence-electron chi connectivity index (χ4n) is 4.13. The van der Waals surface area contributed by atoms with Crippen molar-refractivity contribution < 1.29 is 19.0 Å². The minimum absolute atomic E-state index is 0.00942. The first-order valence-electron chi connectivity index (χ1n) is 10.9. The molecule has 33 heavy (non-hydrogen) atoms. The van der Waals surface area contributed by atoms with Crippen molar-refractivity contribution in [2.75, 3.05) is 40.4 Å². The van der Waals surface area contributed by atoms with Crippen molar-refractivity contribution in [1.29, 1.82) is 0 Å². The largest absolute Gasteiger partial charge is 0.497 e. The number of carbonyl (C=O) groups is 1. The molecule has 0 spiro atoms. The maximum absolute atomic E-state index is 13.0. The molecule has 7 nitrogen and oxygen atoms in total. The Kier molecular flexibility index (Phi) is 5.60. The molecule has 2 aliphatic rings. The Morgan fingerprint density at radius 2 is 1.61 bits per heavy atom. The topological polar surface area (TPSA) is 63.6 Å². The molecular weight excluding hydrogens is 418 g/mol. The van der Waals surface area contributed by atoms with Crippen LogP contribution >= 0.6 is 0 Å². The highest BCUT2D eigenvalue weighted by Crippen LogP contribution is 2.39. The van der Waals surface area contributed by atoms with Gasteiger partial charge in [0.2, 0.25) is 0 Å². The lowest BCUT2D eigenvalue weighted by atomic mass is 10.1. The zero-order valence-corrected chi connectivity index (χ0v) is 18.7. The SMILES string of the molecule is COc1cccc(C(=O)N2CCN(C3=Nc4ccccc4Oc4cc(OC)ccc43)CC2)c1. The number of fused-ring (bicyclic) bond motifs is 2. The number of amides is 1. The van der Waals surface area contributed by atoms with E-state index >= 15 is 0 Å². The number of methoxy groups -OCH3 is 2. The summed E-state index contributed by atoms with van der Waals surface area (Å²) in [6.07, 6.45) is 0. The molecule has 0 atom stereocenters. The number of hydrogen-bond acceptors (Lipinski definition) is 6. The molecule has 0 aromatic heterocycles. The van der Waals surface area contributed by atoms with E-state index < -0.39 is 0 Å². The van der Waals surface area contributed by atoms with Crippen LogP contribution in [-0.2, 0) is 0 Å². The van der Waals surface area contributed by atoms with Crippen LogP contribution in [-0.4, -0.2) is 61.9 Å². The van der Waals surface area contributed by atoms with Gasteiger partial charge < -0.3 is 24.0 Å². The number of amidine groups is 1. The Bertz CT molecular complexity index is 1220. The third-order valence-electron chi connectivity index (χ3n) is 5.92. The first-order valence-corrected chi connectivity index (χ1v) is 10.9. The quantitative estimate of drug-likeness (QED) is 0.602. The average Bonchev–Trinajstić information content (AvgIpc) is 3.04. The molecule has 0 radical (unpaired) electrons. The van der Waals surface area contributed by atoms with Gasteiger partial charge in [-0.25, -0.2) is 4.99 Å². The minimum atomic E-state index is 0.00942. The minimum Gasteiger partial charge on any atom is -0.497 e. The molecule has 1 fully saturated rings. The van der Waals surface area contributed by atoms with E-state index in [0.717, 1.165) is 22.8 Å². The molecule has 2 heterocycles. The Morgan fingerprint density at radius 1 is 0.848 bits per heavy atom. The second-order valence-corrected chi connectivity index (χ2v) is 7.88. The highest BCUT2D eigenvalue weighted by atomic mass is 16.5. The predicted molar refractivity (Wildman–Crippen MR) is 126 cm³/mol. The molecule has 0 saturated carbocycles. The summed E-state index contributed by atoms with van der Waals surface area (Å²) in [5, 5.41) is 0. The first kappa shape index (κ1) is 20.9. The molecule has 0 unspecified atom stereocenters. The molecule has 1 amide bonds. The predicted octanol–water partition coefficient (Wildman–Crippen LogP) is 4.35. The summed E-state index contributed by atoms with van der Waals surface area (Å²) in [4.78, 5) is 22.1. The van der Waals surface area contributed by atoms with Crippen molar-refractivity contribution in [3.8, 4) is 23.0 Å². The van der Waals surface area contributed by atoms with Crippen LogP contribution in [0.3, 0.4) is 0 Å². The van der Waals surface area contributed by atoms with Crippen LogP contribution in [0.5, 0.6) is 23.0 Å². The number of ether oxygens (including phenoxy) is 3. The first-order chi connectivity index (χ1) is 16.2. The van der Waals surface area contributed by atoms with E-state index in [1.165, 1.54) is 0 Å².